The second-order valence-electron chi connectivity index (χ2n) is 6.48. The van der Waals surface area contributed by atoms with Crippen LogP contribution in [0, 0.1) is 5.82 Å². The number of rotatable bonds is 6. The molecule has 0 aromatic heterocycles. The lowest BCUT2D eigenvalue weighted by Crippen LogP contribution is -2.46. The van der Waals surface area contributed by atoms with Gasteiger partial charge in [0.25, 0.3) is 11.8 Å². The molecule has 2 aromatic carbocycles. The summed E-state index contributed by atoms with van der Waals surface area (Å²) in [7, 11) is 0. The maximum atomic E-state index is 13.0. The molecule has 0 saturated carbocycles. The zero-order valence-corrected chi connectivity index (χ0v) is 16.3. The number of likely N-dealkylation sites (N-methyl/N-ethyl adjacent to an activating group) is 1. The van der Waals surface area contributed by atoms with Gasteiger partial charge in [-0.3, -0.25) is 19.3 Å². The van der Waals surface area contributed by atoms with Crippen molar-refractivity contribution in [3.05, 3.63) is 53.8 Å². The molecule has 0 bridgehead atoms. The van der Waals surface area contributed by atoms with E-state index in [1.54, 1.807) is 23.1 Å². The third-order valence-corrected chi connectivity index (χ3v) is 4.68. The third-order valence-electron chi connectivity index (χ3n) is 4.68. The van der Waals surface area contributed by atoms with E-state index in [2.05, 4.69) is 5.32 Å². The highest BCUT2D eigenvalue weighted by molar-refractivity contribution is 6.06. The normalized spacial score (nSPS) is 12.8. The van der Waals surface area contributed by atoms with E-state index >= 15 is 0 Å². The molecule has 0 fully saturated rings. The highest BCUT2D eigenvalue weighted by Gasteiger charge is 2.29. The average molecular weight is 399 g/mol. The van der Waals surface area contributed by atoms with E-state index < -0.39 is 11.7 Å². The number of benzene rings is 2. The Balaban J connectivity index is 1.82. The van der Waals surface area contributed by atoms with Crippen molar-refractivity contribution in [1.82, 2.24) is 4.90 Å². The lowest BCUT2D eigenvalue weighted by atomic mass is 10.1. The molecule has 0 radical (unpaired) electrons. The van der Waals surface area contributed by atoms with Gasteiger partial charge in [-0.25, -0.2) is 4.39 Å². The average Bonchev–Trinajstić information content (AvgIpc) is 2.71. The Morgan fingerprint density at radius 2 is 1.83 bits per heavy atom. The molecule has 152 valence electrons. The largest absolute Gasteiger partial charge is 0.482 e. The minimum absolute atomic E-state index is 0.105. The molecule has 1 N–H and O–H groups in total. The van der Waals surface area contributed by atoms with Gasteiger partial charge in [0.15, 0.2) is 6.61 Å². The van der Waals surface area contributed by atoms with Crippen molar-refractivity contribution in [3.8, 4) is 5.75 Å². The summed E-state index contributed by atoms with van der Waals surface area (Å²) in [4.78, 5) is 40.3. The van der Waals surface area contributed by atoms with Crippen LogP contribution in [0.25, 0.3) is 0 Å². The molecule has 2 aromatic rings. The number of carbonyl (C=O) groups is 3. The fraction of sp³-hybridized carbons (Fsp3) is 0.286. The first kappa shape index (κ1) is 20.3. The number of anilines is 2. The standard InChI is InChI=1S/C21H22FN3O4/c1-3-24(4-2)19(26)12-25-17-11-16(9-10-18(17)29-13-20(25)27)23-21(28)14-5-7-15(22)8-6-14/h5-11H,3-4,12-13H2,1-2H3,(H,23,28). The quantitative estimate of drug-likeness (QED) is 0.810. The molecule has 1 heterocycles. The maximum Gasteiger partial charge on any atom is 0.265 e. The van der Waals surface area contributed by atoms with E-state index in [4.69, 9.17) is 4.74 Å². The van der Waals surface area contributed by atoms with Gasteiger partial charge >= 0.3 is 0 Å². The number of halogens is 1. The van der Waals surface area contributed by atoms with Crippen LogP contribution < -0.4 is 15.0 Å². The van der Waals surface area contributed by atoms with Gasteiger partial charge in [-0.1, -0.05) is 0 Å². The maximum absolute atomic E-state index is 13.0. The first-order chi connectivity index (χ1) is 13.9. The Morgan fingerprint density at radius 1 is 1.14 bits per heavy atom. The lowest BCUT2D eigenvalue weighted by Gasteiger charge is -2.31. The van der Waals surface area contributed by atoms with Crippen LogP contribution >= 0.6 is 0 Å². The summed E-state index contributed by atoms with van der Waals surface area (Å²) in [6, 6.07) is 10.0. The zero-order valence-electron chi connectivity index (χ0n) is 16.3. The second kappa shape index (κ2) is 8.72. The van der Waals surface area contributed by atoms with Gasteiger partial charge < -0.3 is 15.0 Å². The van der Waals surface area contributed by atoms with Crippen LogP contribution in [0.4, 0.5) is 15.8 Å². The van der Waals surface area contributed by atoms with Crippen molar-refractivity contribution in [3.63, 3.8) is 0 Å². The number of hydrogen-bond acceptors (Lipinski definition) is 4. The predicted molar refractivity (Wildman–Crippen MR) is 107 cm³/mol. The number of ether oxygens (including phenoxy) is 1. The van der Waals surface area contributed by atoms with Gasteiger partial charge in [0.2, 0.25) is 5.91 Å². The number of amides is 3. The van der Waals surface area contributed by atoms with Crippen LogP contribution in [0.15, 0.2) is 42.5 Å². The zero-order chi connectivity index (χ0) is 21.0. The molecule has 0 unspecified atom stereocenters. The fourth-order valence-corrected chi connectivity index (χ4v) is 3.07. The van der Waals surface area contributed by atoms with Crippen molar-refractivity contribution >= 4 is 29.1 Å². The van der Waals surface area contributed by atoms with Gasteiger partial charge in [0.1, 0.15) is 18.1 Å². The molecule has 3 amide bonds. The minimum Gasteiger partial charge on any atom is -0.482 e. The van der Waals surface area contributed by atoms with E-state index in [0.717, 1.165) is 0 Å². The predicted octanol–water partition coefficient (Wildman–Crippen LogP) is 2.67. The molecular weight excluding hydrogens is 377 g/mol. The number of nitrogens with zero attached hydrogens (tertiary/aromatic N) is 2. The molecule has 0 spiro atoms. The number of fused-ring (bicyclic) bond motifs is 1. The molecule has 29 heavy (non-hydrogen) atoms. The topological polar surface area (TPSA) is 79.0 Å². The highest BCUT2D eigenvalue weighted by Crippen LogP contribution is 2.34. The Morgan fingerprint density at radius 3 is 2.48 bits per heavy atom. The molecule has 1 aliphatic heterocycles. The van der Waals surface area contributed by atoms with Crippen LogP contribution in [0.3, 0.4) is 0 Å². The van der Waals surface area contributed by atoms with E-state index in [1.165, 1.54) is 29.2 Å². The highest BCUT2D eigenvalue weighted by atomic mass is 19.1. The van der Waals surface area contributed by atoms with E-state index in [-0.39, 0.29) is 25.0 Å². The second-order valence-corrected chi connectivity index (χ2v) is 6.48. The van der Waals surface area contributed by atoms with Crippen molar-refractivity contribution in [2.75, 3.05) is 36.5 Å². The van der Waals surface area contributed by atoms with Crippen LogP contribution in [0.1, 0.15) is 24.2 Å². The molecule has 1 aliphatic rings. The van der Waals surface area contributed by atoms with Crippen LogP contribution in [0.5, 0.6) is 5.75 Å². The van der Waals surface area contributed by atoms with Crippen LogP contribution in [-0.4, -0.2) is 48.9 Å². The van der Waals surface area contributed by atoms with Crippen molar-refractivity contribution in [2.24, 2.45) is 0 Å². The molecule has 0 saturated heterocycles. The molecule has 7 nitrogen and oxygen atoms in total. The summed E-state index contributed by atoms with van der Waals surface area (Å²) in [6.45, 7) is 4.59. The molecular formula is C21H22FN3O4. The third kappa shape index (κ3) is 4.53. The number of carbonyl (C=O) groups excluding carboxylic acids is 3. The molecule has 0 aliphatic carbocycles. The number of nitrogens with one attached hydrogen (secondary N) is 1. The fourth-order valence-electron chi connectivity index (χ4n) is 3.07. The van der Waals surface area contributed by atoms with E-state index in [1.807, 2.05) is 13.8 Å². The Bertz CT molecular complexity index is 926. The van der Waals surface area contributed by atoms with Gasteiger partial charge in [0.05, 0.1) is 5.69 Å². The molecule has 8 heteroatoms. The first-order valence-corrected chi connectivity index (χ1v) is 9.34. The summed E-state index contributed by atoms with van der Waals surface area (Å²) < 4.78 is 18.5. The summed E-state index contributed by atoms with van der Waals surface area (Å²) in [5.41, 5.74) is 1.14. The minimum atomic E-state index is -0.431. The Labute approximate surface area is 168 Å². The number of hydrogen-bond donors (Lipinski definition) is 1. The van der Waals surface area contributed by atoms with Gasteiger partial charge in [0, 0.05) is 24.3 Å². The van der Waals surface area contributed by atoms with Crippen LogP contribution in [-0.2, 0) is 9.59 Å². The van der Waals surface area contributed by atoms with Gasteiger partial charge in [-0.15, -0.1) is 0 Å². The molecule has 0 atom stereocenters. The molecule has 3 rings (SSSR count). The van der Waals surface area contributed by atoms with Crippen molar-refractivity contribution in [1.29, 1.82) is 0 Å². The Hall–Kier alpha value is -3.42. The van der Waals surface area contributed by atoms with Crippen molar-refractivity contribution < 1.29 is 23.5 Å². The SMILES string of the molecule is CCN(CC)C(=O)CN1C(=O)COc2ccc(NC(=O)c3ccc(F)cc3)cc21. The lowest BCUT2D eigenvalue weighted by molar-refractivity contribution is -0.131. The van der Waals surface area contributed by atoms with Crippen LogP contribution in [0.2, 0.25) is 0 Å². The monoisotopic (exact) mass is 399 g/mol. The summed E-state index contributed by atoms with van der Waals surface area (Å²) in [5, 5.41) is 2.71. The van der Waals surface area contributed by atoms with Gasteiger partial charge in [-0.2, -0.15) is 0 Å². The summed E-state index contributed by atoms with van der Waals surface area (Å²) >= 11 is 0. The van der Waals surface area contributed by atoms with Gasteiger partial charge in [-0.05, 0) is 56.3 Å². The van der Waals surface area contributed by atoms with E-state index in [0.29, 0.717) is 35.8 Å². The smallest absolute Gasteiger partial charge is 0.265 e. The van der Waals surface area contributed by atoms with E-state index in [9.17, 15) is 18.8 Å². The van der Waals surface area contributed by atoms with Crippen molar-refractivity contribution in [2.45, 2.75) is 13.8 Å². The first-order valence-electron chi connectivity index (χ1n) is 9.34. The summed E-state index contributed by atoms with van der Waals surface area (Å²) in [5.74, 6) is -0.896. The Kier molecular flexibility index (Phi) is 6.11. The summed E-state index contributed by atoms with van der Waals surface area (Å²) in [6.07, 6.45) is 0.